The molecule has 20 heavy (non-hydrogen) atoms. The van der Waals surface area contributed by atoms with E-state index in [1.807, 2.05) is 29.7 Å². The molecule has 1 atom stereocenters. The second-order valence-electron chi connectivity index (χ2n) is 5.43. The first-order valence-electron chi connectivity index (χ1n) is 6.74. The number of sulfone groups is 1. The summed E-state index contributed by atoms with van der Waals surface area (Å²) in [6.07, 6.45) is 1.57. The molecule has 0 N–H and O–H groups in total. The van der Waals surface area contributed by atoms with Gasteiger partial charge in [0.15, 0.2) is 9.84 Å². The van der Waals surface area contributed by atoms with E-state index >= 15 is 0 Å². The van der Waals surface area contributed by atoms with Gasteiger partial charge in [-0.15, -0.1) is 11.6 Å². The van der Waals surface area contributed by atoms with Crippen LogP contribution < -0.4 is 0 Å². The first-order chi connectivity index (χ1) is 9.50. The van der Waals surface area contributed by atoms with Crippen molar-refractivity contribution in [3.63, 3.8) is 0 Å². The third kappa shape index (κ3) is 2.44. The fourth-order valence-corrected chi connectivity index (χ4v) is 4.83. The summed E-state index contributed by atoms with van der Waals surface area (Å²) in [6.45, 7) is 2.02. The lowest BCUT2D eigenvalue weighted by Gasteiger charge is -2.25. The van der Waals surface area contributed by atoms with Gasteiger partial charge in [0.05, 0.1) is 28.4 Å². The monoisotopic (exact) mass is 312 g/mol. The normalized spacial score (nSPS) is 22.2. The van der Waals surface area contributed by atoms with Crippen molar-refractivity contribution in [1.82, 2.24) is 9.55 Å². The van der Waals surface area contributed by atoms with Gasteiger partial charge < -0.3 is 4.57 Å². The molecule has 1 aliphatic rings. The zero-order valence-electron chi connectivity index (χ0n) is 11.3. The Morgan fingerprint density at radius 3 is 2.95 bits per heavy atom. The molecule has 6 heteroatoms. The summed E-state index contributed by atoms with van der Waals surface area (Å²) in [4.78, 5) is 4.55. The first-order valence-corrected chi connectivity index (χ1v) is 9.09. The average Bonchev–Trinajstić information content (AvgIpc) is 2.74. The number of rotatable bonds is 2. The number of aromatic nitrogens is 2. The predicted octanol–water partition coefficient (Wildman–Crippen LogP) is 2.83. The van der Waals surface area contributed by atoms with Crippen molar-refractivity contribution in [2.75, 3.05) is 11.5 Å². The molecule has 0 aliphatic carbocycles. The van der Waals surface area contributed by atoms with Crippen LogP contribution in [0.15, 0.2) is 18.2 Å². The number of fused-ring (bicyclic) bond motifs is 1. The Balaban J connectivity index is 2.14. The number of halogens is 1. The van der Waals surface area contributed by atoms with Crippen LogP contribution in [-0.2, 0) is 15.7 Å². The van der Waals surface area contributed by atoms with Crippen LogP contribution in [0.5, 0.6) is 0 Å². The minimum Gasteiger partial charge on any atom is -0.323 e. The summed E-state index contributed by atoms with van der Waals surface area (Å²) in [7, 11) is -2.95. The maximum atomic E-state index is 11.9. The first kappa shape index (κ1) is 13.9. The van der Waals surface area contributed by atoms with Gasteiger partial charge in [0, 0.05) is 6.04 Å². The van der Waals surface area contributed by atoms with Crippen LogP contribution in [0.2, 0.25) is 0 Å². The minimum absolute atomic E-state index is 0.0461. The van der Waals surface area contributed by atoms with Crippen LogP contribution in [0.1, 0.15) is 30.3 Å². The molecule has 3 rings (SSSR count). The smallest absolute Gasteiger partial charge is 0.152 e. The highest BCUT2D eigenvalue weighted by Gasteiger charge is 2.28. The Bertz CT molecular complexity index is 752. The molecule has 0 spiro atoms. The Morgan fingerprint density at radius 2 is 2.25 bits per heavy atom. The second kappa shape index (κ2) is 5.04. The third-order valence-corrected chi connectivity index (χ3v) is 5.88. The van der Waals surface area contributed by atoms with E-state index in [-0.39, 0.29) is 11.8 Å². The third-order valence-electron chi connectivity index (χ3n) is 3.84. The lowest BCUT2D eigenvalue weighted by molar-refractivity contribution is 0.471. The highest BCUT2D eigenvalue weighted by Crippen LogP contribution is 2.30. The van der Waals surface area contributed by atoms with Gasteiger partial charge in [-0.05, 0) is 37.5 Å². The molecule has 108 valence electrons. The summed E-state index contributed by atoms with van der Waals surface area (Å²) in [6, 6.07) is 6.00. The zero-order chi connectivity index (χ0) is 14.3. The summed E-state index contributed by atoms with van der Waals surface area (Å²) in [5.74, 6) is 1.54. The SMILES string of the molecule is Cc1ccc2c(c1)nc(CCl)n2C1CCCS(=O)(=O)C1. The van der Waals surface area contributed by atoms with Gasteiger partial charge in [0.2, 0.25) is 0 Å². The Labute approximate surface area is 123 Å². The number of hydrogen-bond acceptors (Lipinski definition) is 3. The summed E-state index contributed by atoms with van der Waals surface area (Å²) >= 11 is 6.00. The van der Waals surface area contributed by atoms with Crippen LogP contribution >= 0.6 is 11.6 Å². The predicted molar refractivity (Wildman–Crippen MR) is 81.0 cm³/mol. The molecule has 0 radical (unpaired) electrons. The number of benzene rings is 1. The molecule has 1 fully saturated rings. The maximum Gasteiger partial charge on any atom is 0.152 e. The van der Waals surface area contributed by atoms with E-state index in [9.17, 15) is 8.42 Å². The molecule has 0 saturated carbocycles. The topological polar surface area (TPSA) is 52.0 Å². The molecule has 1 aromatic carbocycles. The van der Waals surface area contributed by atoms with Crippen molar-refractivity contribution in [2.45, 2.75) is 31.7 Å². The number of nitrogens with zero attached hydrogens (tertiary/aromatic N) is 2. The Morgan fingerprint density at radius 1 is 1.45 bits per heavy atom. The summed E-state index contributed by atoms with van der Waals surface area (Å²) in [5, 5.41) is 0. The fraction of sp³-hybridized carbons (Fsp3) is 0.500. The number of imidazole rings is 1. The zero-order valence-corrected chi connectivity index (χ0v) is 12.9. The Kier molecular flexibility index (Phi) is 3.50. The average molecular weight is 313 g/mol. The van der Waals surface area contributed by atoms with Gasteiger partial charge >= 0.3 is 0 Å². The van der Waals surface area contributed by atoms with Crippen molar-refractivity contribution in [3.8, 4) is 0 Å². The van der Waals surface area contributed by atoms with Crippen molar-refractivity contribution >= 4 is 32.5 Å². The highest BCUT2D eigenvalue weighted by atomic mass is 35.5. The molecule has 4 nitrogen and oxygen atoms in total. The van der Waals surface area contributed by atoms with E-state index in [1.54, 1.807) is 0 Å². The maximum absolute atomic E-state index is 11.9. The van der Waals surface area contributed by atoms with E-state index < -0.39 is 9.84 Å². The molecular formula is C14H17ClN2O2S. The van der Waals surface area contributed by atoms with Crippen molar-refractivity contribution in [3.05, 3.63) is 29.6 Å². The van der Waals surface area contributed by atoms with Gasteiger partial charge in [-0.25, -0.2) is 13.4 Å². The van der Waals surface area contributed by atoms with Gasteiger partial charge in [0.1, 0.15) is 5.82 Å². The van der Waals surface area contributed by atoms with Gasteiger partial charge in [0.25, 0.3) is 0 Å². The van der Waals surface area contributed by atoms with E-state index in [0.29, 0.717) is 18.1 Å². The van der Waals surface area contributed by atoms with Crippen LogP contribution in [0.4, 0.5) is 0 Å². The molecule has 1 unspecified atom stereocenters. The van der Waals surface area contributed by atoms with Crippen molar-refractivity contribution in [2.24, 2.45) is 0 Å². The molecular weight excluding hydrogens is 296 g/mol. The standard InChI is InChI=1S/C14H17ClN2O2S/c1-10-4-5-13-12(7-10)16-14(8-15)17(13)11-3-2-6-20(18,19)9-11/h4-5,7,11H,2-3,6,8-9H2,1H3. The van der Waals surface area contributed by atoms with Crippen LogP contribution in [0.3, 0.4) is 0 Å². The highest BCUT2D eigenvalue weighted by molar-refractivity contribution is 7.91. The molecule has 0 amide bonds. The number of hydrogen-bond donors (Lipinski definition) is 0. The fourth-order valence-electron chi connectivity index (χ4n) is 2.96. The van der Waals surface area contributed by atoms with E-state index in [4.69, 9.17) is 11.6 Å². The minimum atomic E-state index is -2.95. The van der Waals surface area contributed by atoms with Gasteiger partial charge in [-0.3, -0.25) is 0 Å². The lowest BCUT2D eigenvalue weighted by Crippen LogP contribution is -2.28. The molecule has 1 saturated heterocycles. The van der Waals surface area contributed by atoms with Crippen LogP contribution in [0, 0.1) is 6.92 Å². The molecule has 2 aromatic rings. The second-order valence-corrected chi connectivity index (χ2v) is 7.93. The van der Waals surface area contributed by atoms with Crippen molar-refractivity contribution < 1.29 is 8.42 Å². The molecule has 2 heterocycles. The van der Waals surface area contributed by atoms with E-state index in [0.717, 1.165) is 28.8 Å². The van der Waals surface area contributed by atoms with Crippen LogP contribution in [-0.4, -0.2) is 29.5 Å². The largest absolute Gasteiger partial charge is 0.323 e. The summed E-state index contributed by atoms with van der Waals surface area (Å²) < 4.78 is 25.8. The van der Waals surface area contributed by atoms with Gasteiger partial charge in [-0.2, -0.15) is 0 Å². The quantitative estimate of drug-likeness (QED) is 0.801. The van der Waals surface area contributed by atoms with E-state index in [1.165, 1.54) is 0 Å². The summed E-state index contributed by atoms with van der Waals surface area (Å²) in [5.41, 5.74) is 3.01. The number of alkyl halides is 1. The number of aryl methyl sites for hydroxylation is 1. The van der Waals surface area contributed by atoms with E-state index in [2.05, 4.69) is 4.98 Å². The molecule has 1 aromatic heterocycles. The van der Waals surface area contributed by atoms with Gasteiger partial charge in [-0.1, -0.05) is 6.07 Å². The lowest BCUT2D eigenvalue weighted by atomic mass is 10.1. The van der Waals surface area contributed by atoms with Crippen molar-refractivity contribution in [1.29, 1.82) is 0 Å². The molecule has 0 bridgehead atoms. The van der Waals surface area contributed by atoms with Crippen LogP contribution in [0.25, 0.3) is 11.0 Å². The molecule has 1 aliphatic heterocycles. The Hall–Kier alpha value is -1.07.